The second kappa shape index (κ2) is 4.97. The predicted octanol–water partition coefficient (Wildman–Crippen LogP) is 2.74. The van der Waals surface area contributed by atoms with E-state index in [1.807, 2.05) is 24.3 Å². The summed E-state index contributed by atoms with van der Waals surface area (Å²) in [6.07, 6.45) is 4.17. The summed E-state index contributed by atoms with van der Waals surface area (Å²) in [5.41, 5.74) is 1.29. The van der Waals surface area contributed by atoms with Crippen LogP contribution in [-0.2, 0) is 16.0 Å². The molecule has 1 aromatic rings. The Bertz CT molecular complexity index is 370. The van der Waals surface area contributed by atoms with E-state index in [9.17, 15) is 4.79 Å². The molecule has 2 nitrogen and oxygen atoms in total. The molecule has 1 aromatic carbocycles. The summed E-state index contributed by atoms with van der Waals surface area (Å²) in [6.45, 7) is 3.75. The number of carbonyl (C=O) groups excluding carboxylic acids is 1. The molecule has 0 amide bonds. The highest BCUT2D eigenvalue weighted by Crippen LogP contribution is 2.26. The third kappa shape index (κ3) is 2.51. The van der Waals surface area contributed by atoms with Gasteiger partial charge in [-0.25, -0.2) is 0 Å². The van der Waals surface area contributed by atoms with Gasteiger partial charge in [-0.15, -0.1) is 6.58 Å². The average Bonchev–Trinajstić information content (AvgIpc) is 2.68. The maximum Gasteiger partial charge on any atom is 0.306 e. The Kier molecular flexibility index (Phi) is 3.40. The molecule has 0 saturated carbocycles. The van der Waals surface area contributed by atoms with Crippen LogP contribution in [0.5, 0.6) is 0 Å². The van der Waals surface area contributed by atoms with E-state index < -0.39 is 0 Å². The molecule has 0 unspecified atom stereocenters. The van der Waals surface area contributed by atoms with Crippen molar-refractivity contribution in [3.05, 3.63) is 48.6 Å². The highest BCUT2D eigenvalue weighted by atomic mass is 16.5. The van der Waals surface area contributed by atoms with E-state index in [1.54, 1.807) is 0 Å². The predicted molar refractivity (Wildman–Crippen MR) is 62.9 cm³/mol. The van der Waals surface area contributed by atoms with Crippen molar-refractivity contribution in [2.75, 3.05) is 0 Å². The molecular weight excluding hydrogens is 200 g/mol. The normalized spacial score (nSPS) is 24.1. The molecule has 1 aliphatic rings. The zero-order valence-electron chi connectivity index (χ0n) is 9.26. The van der Waals surface area contributed by atoms with Crippen LogP contribution in [0.1, 0.15) is 18.4 Å². The summed E-state index contributed by atoms with van der Waals surface area (Å²) in [5, 5.41) is 0. The van der Waals surface area contributed by atoms with E-state index in [0.29, 0.717) is 6.42 Å². The minimum Gasteiger partial charge on any atom is -0.462 e. The molecule has 1 heterocycles. The van der Waals surface area contributed by atoms with Gasteiger partial charge < -0.3 is 4.74 Å². The fourth-order valence-electron chi connectivity index (χ4n) is 2.09. The fraction of sp³-hybridized carbons (Fsp3) is 0.357. The van der Waals surface area contributed by atoms with Crippen molar-refractivity contribution in [3.63, 3.8) is 0 Å². The molecule has 2 atom stereocenters. The second-order valence-corrected chi connectivity index (χ2v) is 4.16. The van der Waals surface area contributed by atoms with E-state index in [4.69, 9.17) is 4.74 Å². The molecule has 1 saturated heterocycles. The fourth-order valence-corrected chi connectivity index (χ4v) is 2.09. The van der Waals surface area contributed by atoms with Gasteiger partial charge in [0.05, 0.1) is 6.42 Å². The van der Waals surface area contributed by atoms with Crippen molar-refractivity contribution in [2.24, 2.45) is 5.92 Å². The summed E-state index contributed by atoms with van der Waals surface area (Å²) in [6, 6.07) is 10.3. The van der Waals surface area contributed by atoms with Crippen molar-refractivity contribution < 1.29 is 9.53 Å². The number of carbonyl (C=O) groups is 1. The summed E-state index contributed by atoms with van der Waals surface area (Å²) in [7, 11) is 0. The first-order valence-corrected chi connectivity index (χ1v) is 5.65. The van der Waals surface area contributed by atoms with E-state index in [0.717, 1.165) is 12.8 Å². The van der Waals surface area contributed by atoms with Gasteiger partial charge >= 0.3 is 5.97 Å². The van der Waals surface area contributed by atoms with Gasteiger partial charge in [0, 0.05) is 5.92 Å². The van der Waals surface area contributed by atoms with Crippen LogP contribution in [0.25, 0.3) is 0 Å². The summed E-state index contributed by atoms with van der Waals surface area (Å²) >= 11 is 0. The first-order chi connectivity index (χ1) is 7.79. The van der Waals surface area contributed by atoms with Gasteiger partial charge in [0.15, 0.2) is 0 Å². The van der Waals surface area contributed by atoms with Gasteiger partial charge in [0.2, 0.25) is 0 Å². The number of aryl methyl sites for hydroxylation is 1. The SMILES string of the molecule is C=C[C@H]1CC(=O)O[C@H]1CCc1ccccc1. The Morgan fingerprint density at radius 3 is 2.81 bits per heavy atom. The molecular formula is C14H16O2. The van der Waals surface area contributed by atoms with Crippen LogP contribution < -0.4 is 0 Å². The summed E-state index contributed by atoms with van der Waals surface area (Å²) < 4.78 is 5.28. The monoisotopic (exact) mass is 216 g/mol. The van der Waals surface area contributed by atoms with Crippen LogP contribution in [-0.4, -0.2) is 12.1 Å². The van der Waals surface area contributed by atoms with Crippen LogP contribution >= 0.6 is 0 Å². The lowest BCUT2D eigenvalue weighted by atomic mass is 9.96. The molecule has 1 aliphatic heterocycles. The van der Waals surface area contributed by atoms with Gasteiger partial charge in [-0.2, -0.15) is 0 Å². The smallest absolute Gasteiger partial charge is 0.306 e. The number of hydrogen-bond acceptors (Lipinski definition) is 2. The molecule has 16 heavy (non-hydrogen) atoms. The standard InChI is InChI=1S/C14H16O2/c1-2-12-10-14(15)16-13(12)9-8-11-6-4-3-5-7-11/h2-7,12-13H,1,8-10H2/t12-,13-/m0/s1. The van der Waals surface area contributed by atoms with E-state index in [-0.39, 0.29) is 18.0 Å². The molecule has 0 radical (unpaired) electrons. The Morgan fingerprint density at radius 2 is 2.12 bits per heavy atom. The van der Waals surface area contributed by atoms with Gasteiger partial charge in [0.25, 0.3) is 0 Å². The van der Waals surface area contributed by atoms with Crippen molar-refractivity contribution in [3.8, 4) is 0 Å². The largest absolute Gasteiger partial charge is 0.462 e. The quantitative estimate of drug-likeness (QED) is 0.571. The van der Waals surface area contributed by atoms with Crippen LogP contribution in [0.3, 0.4) is 0 Å². The Labute approximate surface area is 95.9 Å². The number of rotatable bonds is 4. The average molecular weight is 216 g/mol. The topological polar surface area (TPSA) is 26.3 Å². The number of benzene rings is 1. The van der Waals surface area contributed by atoms with Crippen molar-refractivity contribution >= 4 is 5.97 Å². The van der Waals surface area contributed by atoms with Gasteiger partial charge in [0.1, 0.15) is 6.10 Å². The molecule has 84 valence electrons. The summed E-state index contributed by atoms with van der Waals surface area (Å²) in [5.74, 6) is 0.0965. The highest BCUT2D eigenvalue weighted by molar-refractivity contribution is 5.72. The second-order valence-electron chi connectivity index (χ2n) is 4.16. The molecule has 1 fully saturated rings. The van der Waals surface area contributed by atoms with Crippen molar-refractivity contribution in [2.45, 2.75) is 25.4 Å². The van der Waals surface area contributed by atoms with Crippen LogP contribution in [0.15, 0.2) is 43.0 Å². The minimum absolute atomic E-state index is 0.0187. The summed E-state index contributed by atoms with van der Waals surface area (Å²) in [4.78, 5) is 11.2. The maximum absolute atomic E-state index is 11.2. The van der Waals surface area contributed by atoms with Crippen molar-refractivity contribution in [1.82, 2.24) is 0 Å². The molecule has 0 spiro atoms. The Hall–Kier alpha value is -1.57. The van der Waals surface area contributed by atoms with E-state index >= 15 is 0 Å². The number of cyclic esters (lactones) is 1. The lowest BCUT2D eigenvalue weighted by Crippen LogP contribution is -2.15. The number of hydrogen-bond donors (Lipinski definition) is 0. The van der Waals surface area contributed by atoms with Gasteiger partial charge in [-0.3, -0.25) is 4.79 Å². The lowest BCUT2D eigenvalue weighted by molar-refractivity contribution is -0.141. The van der Waals surface area contributed by atoms with Crippen molar-refractivity contribution in [1.29, 1.82) is 0 Å². The zero-order valence-corrected chi connectivity index (χ0v) is 9.26. The van der Waals surface area contributed by atoms with Gasteiger partial charge in [-0.1, -0.05) is 36.4 Å². The number of ether oxygens (including phenoxy) is 1. The minimum atomic E-state index is -0.0945. The van der Waals surface area contributed by atoms with Crippen LogP contribution in [0.4, 0.5) is 0 Å². The third-order valence-electron chi connectivity index (χ3n) is 3.03. The molecule has 0 bridgehead atoms. The first-order valence-electron chi connectivity index (χ1n) is 5.65. The maximum atomic E-state index is 11.2. The Balaban J connectivity index is 1.90. The third-order valence-corrected chi connectivity index (χ3v) is 3.03. The lowest BCUT2D eigenvalue weighted by Gasteiger charge is -2.13. The van der Waals surface area contributed by atoms with Crippen LogP contribution in [0.2, 0.25) is 0 Å². The highest BCUT2D eigenvalue weighted by Gasteiger charge is 2.31. The zero-order chi connectivity index (χ0) is 11.4. The molecule has 0 aromatic heterocycles. The van der Waals surface area contributed by atoms with Crippen LogP contribution in [0, 0.1) is 5.92 Å². The van der Waals surface area contributed by atoms with E-state index in [2.05, 4.69) is 18.7 Å². The molecule has 2 heteroatoms. The first kappa shape index (κ1) is 10.9. The Morgan fingerprint density at radius 1 is 1.38 bits per heavy atom. The van der Waals surface area contributed by atoms with Gasteiger partial charge in [-0.05, 0) is 18.4 Å². The van der Waals surface area contributed by atoms with E-state index in [1.165, 1.54) is 5.56 Å². The molecule has 2 rings (SSSR count). The number of esters is 1. The molecule has 0 N–H and O–H groups in total. The molecule has 0 aliphatic carbocycles.